The first-order valence-corrected chi connectivity index (χ1v) is 7.44. The summed E-state index contributed by atoms with van der Waals surface area (Å²) in [6.07, 6.45) is -0.334. The second kappa shape index (κ2) is 10.9. The number of alkyl carbamates (subject to hydrolysis) is 1. The monoisotopic (exact) mass is 339 g/mol. The van der Waals surface area contributed by atoms with Gasteiger partial charge in [-0.3, -0.25) is 14.9 Å². The first-order chi connectivity index (χ1) is 11.5. The van der Waals surface area contributed by atoms with E-state index in [1.54, 1.807) is 38.3 Å². The third kappa shape index (κ3) is 8.02. The van der Waals surface area contributed by atoms with Gasteiger partial charge in [0.1, 0.15) is 11.5 Å². The average molecular weight is 339 g/mol. The van der Waals surface area contributed by atoms with E-state index in [1.807, 2.05) is 5.32 Å². The summed E-state index contributed by atoms with van der Waals surface area (Å²) in [6, 6.07) is 7.06. The van der Waals surface area contributed by atoms with Crippen molar-refractivity contribution >= 4 is 18.0 Å². The standard InChI is InChI=1S/C16H21NO7/c1-3-22-16(20)17-14(18)11-24-15(19)5-4-10-23-13-8-6-12(21-2)7-9-13/h6-9H,3-5,10-11H2,1-2H3,(H,17,18,20). The topological polar surface area (TPSA) is 100 Å². The number of rotatable bonds is 9. The predicted octanol–water partition coefficient (Wildman–Crippen LogP) is 1.67. The molecule has 1 aromatic rings. The highest BCUT2D eigenvalue weighted by atomic mass is 16.6. The third-order valence-electron chi connectivity index (χ3n) is 2.73. The van der Waals surface area contributed by atoms with Crippen molar-refractivity contribution in [3.8, 4) is 11.5 Å². The van der Waals surface area contributed by atoms with E-state index in [0.717, 1.165) is 5.75 Å². The van der Waals surface area contributed by atoms with Crippen molar-refractivity contribution in [1.29, 1.82) is 0 Å². The molecule has 0 heterocycles. The highest BCUT2D eigenvalue weighted by Gasteiger charge is 2.11. The fraction of sp³-hybridized carbons (Fsp3) is 0.438. The summed E-state index contributed by atoms with van der Waals surface area (Å²) in [5, 5.41) is 1.92. The van der Waals surface area contributed by atoms with Gasteiger partial charge in [0.15, 0.2) is 6.61 Å². The molecule has 0 unspecified atom stereocenters. The molecule has 0 aliphatic rings. The van der Waals surface area contributed by atoms with Gasteiger partial charge in [-0.2, -0.15) is 0 Å². The molecule has 0 spiro atoms. The molecule has 24 heavy (non-hydrogen) atoms. The van der Waals surface area contributed by atoms with Crippen LogP contribution in [0.3, 0.4) is 0 Å². The van der Waals surface area contributed by atoms with E-state index in [2.05, 4.69) is 4.74 Å². The third-order valence-corrected chi connectivity index (χ3v) is 2.73. The van der Waals surface area contributed by atoms with E-state index in [0.29, 0.717) is 18.8 Å². The van der Waals surface area contributed by atoms with E-state index >= 15 is 0 Å². The van der Waals surface area contributed by atoms with Gasteiger partial charge in [0, 0.05) is 6.42 Å². The Hall–Kier alpha value is -2.77. The first-order valence-electron chi connectivity index (χ1n) is 7.44. The summed E-state index contributed by atoms with van der Waals surface area (Å²) < 4.78 is 19.7. The molecule has 1 rings (SSSR count). The fourth-order valence-corrected chi connectivity index (χ4v) is 1.61. The van der Waals surface area contributed by atoms with E-state index in [-0.39, 0.29) is 13.0 Å². The summed E-state index contributed by atoms with van der Waals surface area (Å²) in [5.74, 6) is 0.105. The number of esters is 1. The molecule has 0 radical (unpaired) electrons. The molecule has 8 nitrogen and oxygen atoms in total. The van der Waals surface area contributed by atoms with Crippen LogP contribution in [-0.4, -0.2) is 44.9 Å². The highest BCUT2D eigenvalue weighted by molar-refractivity contribution is 5.93. The second-order valence-electron chi connectivity index (χ2n) is 4.56. The lowest BCUT2D eigenvalue weighted by Gasteiger charge is -2.07. The zero-order valence-electron chi connectivity index (χ0n) is 13.7. The van der Waals surface area contributed by atoms with E-state index in [4.69, 9.17) is 14.2 Å². The molecule has 0 saturated carbocycles. The summed E-state index contributed by atoms with van der Waals surface area (Å²) in [7, 11) is 1.58. The number of methoxy groups -OCH3 is 1. The van der Waals surface area contributed by atoms with Crippen LogP contribution < -0.4 is 14.8 Å². The molecule has 0 aromatic heterocycles. The van der Waals surface area contributed by atoms with Gasteiger partial charge in [0.05, 0.1) is 20.3 Å². The quantitative estimate of drug-likeness (QED) is 0.539. The van der Waals surface area contributed by atoms with E-state index in [1.165, 1.54) is 0 Å². The Bertz CT molecular complexity index is 542. The van der Waals surface area contributed by atoms with Crippen molar-refractivity contribution in [1.82, 2.24) is 5.32 Å². The first kappa shape index (κ1) is 19.3. The van der Waals surface area contributed by atoms with Crippen LogP contribution in [0.1, 0.15) is 19.8 Å². The fourth-order valence-electron chi connectivity index (χ4n) is 1.61. The van der Waals surface area contributed by atoms with Gasteiger partial charge in [-0.05, 0) is 37.6 Å². The maximum atomic E-state index is 11.5. The largest absolute Gasteiger partial charge is 0.497 e. The van der Waals surface area contributed by atoms with Gasteiger partial charge in [0.25, 0.3) is 5.91 Å². The lowest BCUT2D eigenvalue weighted by Crippen LogP contribution is -2.34. The molecule has 132 valence electrons. The van der Waals surface area contributed by atoms with E-state index in [9.17, 15) is 14.4 Å². The molecule has 1 aromatic carbocycles. The number of hydrogen-bond acceptors (Lipinski definition) is 7. The number of benzene rings is 1. The van der Waals surface area contributed by atoms with Crippen LogP contribution in [0.15, 0.2) is 24.3 Å². The average Bonchev–Trinajstić information content (AvgIpc) is 2.57. The van der Waals surface area contributed by atoms with Crippen LogP contribution in [0.4, 0.5) is 4.79 Å². The summed E-state index contributed by atoms with van der Waals surface area (Å²) >= 11 is 0. The minimum atomic E-state index is -0.869. The van der Waals surface area contributed by atoms with Crippen LogP contribution in [-0.2, 0) is 19.1 Å². The minimum Gasteiger partial charge on any atom is -0.497 e. The number of imide groups is 1. The van der Waals surface area contributed by atoms with Crippen molar-refractivity contribution in [3.05, 3.63) is 24.3 Å². The molecule has 0 saturated heterocycles. The lowest BCUT2D eigenvalue weighted by atomic mass is 10.3. The Labute approximate surface area is 140 Å². The number of ether oxygens (including phenoxy) is 4. The van der Waals surface area contributed by atoms with Crippen LogP contribution in [0.25, 0.3) is 0 Å². The highest BCUT2D eigenvalue weighted by Crippen LogP contribution is 2.17. The molecule has 8 heteroatoms. The van der Waals surface area contributed by atoms with Crippen molar-refractivity contribution in [2.75, 3.05) is 26.9 Å². The Morgan fingerprint density at radius 3 is 2.33 bits per heavy atom. The predicted molar refractivity (Wildman–Crippen MR) is 83.8 cm³/mol. The van der Waals surface area contributed by atoms with E-state index < -0.39 is 24.6 Å². The number of carbonyl (C=O) groups is 3. The van der Waals surface area contributed by atoms with Crippen molar-refractivity contribution < 1.29 is 33.3 Å². The molecular weight excluding hydrogens is 318 g/mol. The molecular formula is C16H21NO7. The molecule has 0 aliphatic carbocycles. The zero-order valence-corrected chi connectivity index (χ0v) is 13.7. The second-order valence-corrected chi connectivity index (χ2v) is 4.56. The summed E-state index contributed by atoms with van der Waals surface area (Å²) in [4.78, 5) is 33.7. The molecule has 0 aliphatic heterocycles. The number of carbonyl (C=O) groups excluding carboxylic acids is 3. The number of amides is 2. The van der Waals surface area contributed by atoms with Gasteiger partial charge in [-0.15, -0.1) is 0 Å². The summed E-state index contributed by atoms with van der Waals surface area (Å²) in [5.41, 5.74) is 0. The smallest absolute Gasteiger partial charge is 0.413 e. The normalized spacial score (nSPS) is 9.75. The van der Waals surface area contributed by atoms with Crippen LogP contribution in [0.2, 0.25) is 0 Å². The minimum absolute atomic E-state index is 0.100. The molecule has 2 amide bonds. The summed E-state index contributed by atoms with van der Waals surface area (Å²) in [6.45, 7) is 1.55. The van der Waals surface area contributed by atoms with Crippen LogP contribution >= 0.6 is 0 Å². The van der Waals surface area contributed by atoms with Gasteiger partial charge < -0.3 is 18.9 Å². The van der Waals surface area contributed by atoms with Gasteiger partial charge >= 0.3 is 12.1 Å². The van der Waals surface area contributed by atoms with Crippen molar-refractivity contribution in [2.24, 2.45) is 0 Å². The van der Waals surface area contributed by atoms with Gasteiger partial charge in [0.2, 0.25) is 0 Å². The molecule has 0 fully saturated rings. The van der Waals surface area contributed by atoms with Crippen LogP contribution in [0, 0.1) is 0 Å². The van der Waals surface area contributed by atoms with Crippen molar-refractivity contribution in [3.63, 3.8) is 0 Å². The number of nitrogens with one attached hydrogen (secondary N) is 1. The lowest BCUT2D eigenvalue weighted by molar-refractivity contribution is -0.148. The van der Waals surface area contributed by atoms with Crippen LogP contribution in [0.5, 0.6) is 11.5 Å². The molecule has 1 N–H and O–H groups in total. The van der Waals surface area contributed by atoms with Gasteiger partial charge in [-0.25, -0.2) is 4.79 Å². The molecule has 0 atom stereocenters. The number of hydrogen-bond donors (Lipinski definition) is 1. The molecule has 0 bridgehead atoms. The van der Waals surface area contributed by atoms with Crippen molar-refractivity contribution in [2.45, 2.75) is 19.8 Å². The maximum absolute atomic E-state index is 11.5. The Balaban J connectivity index is 2.13. The Morgan fingerprint density at radius 2 is 1.71 bits per heavy atom. The van der Waals surface area contributed by atoms with Gasteiger partial charge in [-0.1, -0.05) is 0 Å². The SMILES string of the molecule is CCOC(=O)NC(=O)COC(=O)CCCOc1ccc(OC)cc1. The Morgan fingerprint density at radius 1 is 1.04 bits per heavy atom. The Kier molecular flexibility index (Phi) is 8.73. The zero-order chi connectivity index (χ0) is 17.8. The maximum Gasteiger partial charge on any atom is 0.413 e.